The van der Waals surface area contributed by atoms with Gasteiger partial charge in [-0.2, -0.15) is 5.10 Å². The standard InChI is InChI=1S/C22H20F2N4O3/c1-13(14-6-7-14)28-20(8-9-25-28)27-22(30)21(29)26-18-4-2-3-5-19(18)31-17-11-15(23)10-16(24)12-17/h2-5,8-14H,6-7H2,1H3,(H,26,29)(H,27,30)/t13-/m0/s1. The highest BCUT2D eigenvalue weighted by molar-refractivity contribution is 6.43. The predicted molar refractivity (Wildman–Crippen MR) is 110 cm³/mol. The van der Waals surface area contributed by atoms with E-state index in [1.165, 1.54) is 12.1 Å². The summed E-state index contributed by atoms with van der Waals surface area (Å²) < 4.78 is 34.0. The Kier molecular flexibility index (Phi) is 5.66. The van der Waals surface area contributed by atoms with Crippen LogP contribution in [0, 0.1) is 17.6 Å². The molecule has 1 aliphatic rings. The van der Waals surface area contributed by atoms with E-state index in [2.05, 4.69) is 15.7 Å². The van der Waals surface area contributed by atoms with Gasteiger partial charge in [-0.1, -0.05) is 12.1 Å². The smallest absolute Gasteiger partial charge is 0.315 e. The Hall–Kier alpha value is -3.75. The molecule has 9 heteroatoms. The summed E-state index contributed by atoms with van der Waals surface area (Å²) in [4.78, 5) is 24.9. The molecule has 1 heterocycles. The molecule has 160 valence electrons. The van der Waals surface area contributed by atoms with E-state index in [0.717, 1.165) is 31.0 Å². The molecule has 0 unspecified atom stereocenters. The zero-order valence-corrected chi connectivity index (χ0v) is 16.6. The lowest BCUT2D eigenvalue weighted by atomic mass is 10.2. The minimum Gasteiger partial charge on any atom is -0.455 e. The van der Waals surface area contributed by atoms with Crippen LogP contribution in [0.2, 0.25) is 0 Å². The summed E-state index contributed by atoms with van der Waals surface area (Å²) in [5, 5.41) is 9.27. The molecular formula is C22H20F2N4O3. The number of carbonyl (C=O) groups excluding carboxylic acids is 2. The Morgan fingerprint density at radius 3 is 2.45 bits per heavy atom. The molecule has 1 saturated carbocycles. The molecule has 4 rings (SSSR count). The van der Waals surface area contributed by atoms with Crippen LogP contribution < -0.4 is 15.4 Å². The second kappa shape index (κ2) is 8.55. The molecule has 3 aromatic rings. The van der Waals surface area contributed by atoms with Crippen molar-refractivity contribution in [2.24, 2.45) is 5.92 Å². The molecule has 0 radical (unpaired) electrons. The van der Waals surface area contributed by atoms with Gasteiger partial charge in [0, 0.05) is 24.3 Å². The number of aromatic nitrogens is 2. The van der Waals surface area contributed by atoms with Crippen molar-refractivity contribution < 1.29 is 23.1 Å². The van der Waals surface area contributed by atoms with E-state index in [4.69, 9.17) is 4.74 Å². The maximum absolute atomic E-state index is 13.4. The van der Waals surface area contributed by atoms with Crippen molar-refractivity contribution in [3.8, 4) is 11.5 Å². The largest absolute Gasteiger partial charge is 0.455 e. The van der Waals surface area contributed by atoms with Crippen molar-refractivity contribution in [3.05, 3.63) is 66.4 Å². The Labute approximate surface area is 177 Å². The molecule has 0 spiro atoms. The summed E-state index contributed by atoms with van der Waals surface area (Å²) in [6, 6.07) is 10.7. The number of anilines is 2. The average Bonchev–Trinajstić information content (AvgIpc) is 3.47. The van der Waals surface area contributed by atoms with E-state index in [9.17, 15) is 18.4 Å². The number of halogens is 2. The highest BCUT2D eigenvalue weighted by Crippen LogP contribution is 2.40. The summed E-state index contributed by atoms with van der Waals surface area (Å²) in [5.41, 5.74) is 0.173. The molecule has 1 atom stereocenters. The van der Waals surface area contributed by atoms with Crippen LogP contribution >= 0.6 is 0 Å². The first-order chi connectivity index (χ1) is 14.9. The van der Waals surface area contributed by atoms with Gasteiger partial charge in [0.1, 0.15) is 23.2 Å². The average molecular weight is 426 g/mol. The van der Waals surface area contributed by atoms with Crippen molar-refractivity contribution in [1.82, 2.24) is 9.78 Å². The van der Waals surface area contributed by atoms with E-state index in [-0.39, 0.29) is 23.2 Å². The Morgan fingerprint density at radius 1 is 1.06 bits per heavy atom. The number of hydrogen-bond acceptors (Lipinski definition) is 4. The third-order valence-electron chi connectivity index (χ3n) is 5.01. The van der Waals surface area contributed by atoms with Gasteiger partial charge in [0.25, 0.3) is 0 Å². The van der Waals surface area contributed by atoms with Gasteiger partial charge in [-0.05, 0) is 37.8 Å². The van der Waals surface area contributed by atoms with E-state index >= 15 is 0 Å². The molecule has 1 fully saturated rings. The van der Waals surface area contributed by atoms with Gasteiger partial charge in [-0.25, -0.2) is 13.5 Å². The number of benzene rings is 2. The van der Waals surface area contributed by atoms with Crippen LogP contribution in [0.3, 0.4) is 0 Å². The monoisotopic (exact) mass is 426 g/mol. The third-order valence-corrected chi connectivity index (χ3v) is 5.01. The number of carbonyl (C=O) groups is 2. The number of nitrogens with zero attached hydrogens (tertiary/aromatic N) is 2. The highest BCUT2D eigenvalue weighted by atomic mass is 19.1. The molecule has 2 aromatic carbocycles. The summed E-state index contributed by atoms with van der Waals surface area (Å²) >= 11 is 0. The lowest BCUT2D eigenvalue weighted by molar-refractivity contribution is -0.133. The Morgan fingerprint density at radius 2 is 1.74 bits per heavy atom. The number of nitrogens with one attached hydrogen (secondary N) is 2. The van der Waals surface area contributed by atoms with Gasteiger partial charge in [0.05, 0.1) is 17.9 Å². The normalized spacial score (nSPS) is 14.0. The van der Waals surface area contributed by atoms with E-state index in [1.54, 1.807) is 29.1 Å². The SMILES string of the molecule is C[C@@H](C1CC1)n1nccc1NC(=O)C(=O)Nc1ccccc1Oc1cc(F)cc(F)c1. The van der Waals surface area contributed by atoms with Crippen LogP contribution in [0.5, 0.6) is 11.5 Å². The first-order valence-electron chi connectivity index (χ1n) is 9.79. The molecule has 0 aliphatic heterocycles. The molecule has 0 saturated heterocycles. The van der Waals surface area contributed by atoms with Gasteiger partial charge in [-0.3, -0.25) is 9.59 Å². The number of hydrogen-bond donors (Lipinski definition) is 2. The van der Waals surface area contributed by atoms with Crippen LogP contribution in [0.1, 0.15) is 25.8 Å². The van der Waals surface area contributed by atoms with Gasteiger partial charge in [0.15, 0.2) is 5.75 Å². The summed E-state index contributed by atoms with van der Waals surface area (Å²) in [5.74, 6) is -2.41. The van der Waals surface area contributed by atoms with Crippen LogP contribution in [0.15, 0.2) is 54.7 Å². The number of ether oxygens (including phenoxy) is 1. The quantitative estimate of drug-likeness (QED) is 0.569. The summed E-state index contributed by atoms with van der Waals surface area (Å²) in [6.07, 6.45) is 3.79. The van der Waals surface area contributed by atoms with Gasteiger partial charge < -0.3 is 15.4 Å². The lowest BCUT2D eigenvalue weighted by Gasteiger charge is -2.15. The van der Waals surface area contributed by atoms with E-state index in [1.807, 2.05) is 6.92 Å². The van der Waals surface area contributed by atoms with Crippen molar-refractivity contribution >= 4 is 23.3 Å². The topological polar surface area (TPSA) is 85.2 Å². The zero-order valence-electron chi connectivity index (χ0n) is 16.6. The lowest BCUT2D eigenvalue weighted by Crippen LogP contribution is -2.30. The van der Waals surface area contributed by atoms with Gasteiger partial charge in [-0.15, -0.1) is 0 Å². The number of amides is 2. The van der Waals surface area contributed by atoms with E-state index in [0.29, 0.717) is 11.7 Å². The van der Waals surface area contributed by atoms with Crippen LogP contribution in [-0.4, -0.2) is 21.6 Å². The van der Waals surface area contributed by atoms with Crippen LogP contribution in [0.4, 0.5) is 20.3 Å². The van der Waals surface area contributed by atoms with Crippen molar-refractivity contribution in [2.45, 2.75) is 25.8 Å². The van der Waals surface area contributed by atoms with Crippen molar-refractivity contribution in [1.29, 1.82) is 0 Å². The Bertz CT molecular complexity index is 1110. The molecule has 2 N–H and O–H groups in total. The Balaban J connectivity index is 1.45. The highest BCUT2D eigenvalue weighted by Gasteiger charge is 2.31. The zero-order chi connectivity index (χ0) is 22.0. The first-order valence-corrected chi connectivity index (χ1v) is 9.79. The van der Waals surface area contributed by atoms with E-state index < -0.39 is 23.4 Å². The molecule has 1 aliphatic carbocycles. The minimum atomic E-state index is -0.923. The maximum Gasteiger partial charge on any atom is 0.315 e. The molecule has 1 aromatic heterocycles. The summed E-state index contributed by atoms with van der Waals surface area (Å²) in [6.45, 7) is 2.02. The number of para-hydroxylation sites is 2. The van der Waals surface area contributed by atoms with Crippen LogP contribution in [-0.2, 0) is 9.59 Å². The molecular weight excluding hydrogens is 406 g/mol. The molecule has 2 amide bonds. The van der Waals surface area contributed by atoms with Crippen LogP contribution in [0.25, 0.3) is 0 Å². The minimum absolute atomic E-state index is 0.0818. The fourth-order valence-electron chi connectivity index (χ4n) is 3.24. The second-order valence-electron chi connectivity index (χ2n) is 7.35. The molecule has 7 nitrogen and oxygen atoms in total. The fourth-order valence-corrected chi connectivity index (χ4v) is 3.24. The predicted octanol–water partition coefficient (Wildman–Crippen LogP) is 4.50. The first kappa shape index (κ1) is 20.5. The number of rotatable bonds is 6. The van der Waals surface area contributed by atoms with Gasteiger partial charge >= 0.3 is 11.8 Å². The summed E-state index contributed by atoms with van der Waals surface area (Å²) in [7, 11) is 0. The fraction of sp³-hybridized carbons (Fsp3) is 0.227. The van der Waals surface area contributed by atoms with Gasteiger partial charge in [0.2, 0.25) is 0 Å². The van der Waals surface area contributed by atoms with Crippen molar-refractivity contribution in [3.63, 3.8) is 0 Å². The maximum atomic E-state index is 13.4. The van der Waals surface area contributed by atoms with Crippen molar-refractivity contribution in [2.75, 3.05) is 10.6 Å². The molecule has 0 bridgehead atoms. The second-order valence-corrected chi connectivity index (χ2v) is 7.35. The molecule has 31 heavy (non-hydrogen) atoms. The third kappa shape index (κ3) is 4.88.